The number of hydrogen-bond donors (Lipinski definition) is 0. The van der Waals surface area contributed by atoms with Crippen LogP contribution in [0.2, 0.25) is 0 Å². The number of hydrogen-bond acceptors (Lipinski definition) is 6. The molecule has 0 amide bonds. The van der Waals surface area contributed by atoms with Gasteiger partial charge >= 0.3 is 17.9 Å². The molecule has 0 heterocycles. The van der Waals surface area contributed by atoms with Gasteiger partial charge in [-0.2, -0.15) is 0 Å². The van der Waals surface area contributed by atoms with Crippen molar-refractivity contribution in [1.82, 2.24) is 0 Å². The van der Waals surface area contributed by atoms with Gasteiger partial charge in [0, 0.05) is 19.3 Å². The van der Waals surface area contributed by atoms with E-state index >= 15 is 0 Å². The molecule has 1 unspecified atom stereocenters. The van der Waals surface area contributed by atoms with Crippen molar-refractivity contribution in [1.29, 1.82) is 0 Å². The second-order valence-electron chi connectivity index (χ2n) is 18.1. The number of ether oxygens (including phenoxy) is 3. The summed E-state index contributed by atoms with van der Waals surface area (Å²) in [6.45, 7) is 6.51. The number of unbranched alkanes of at least 4 members (excludes halogenated alkanes) is 32. The number of esters is 3. The van der Waals surface area contributed by atoms with Gasteiger partial charge in [0.15, 0.2) is 6.10 Å². The van der Waals surface area contributed by atoms with Gasteiger partial charge in [-0.3, -0.25) is 14.4 Å². The molecule has 0 bridgehead atoms. The van der Waals surface area contributed by atoms with Crippen LogP contribution < -0.4 is 0 Å². The van der Waals surface area contributed by atoms with Crippen molar-refractivity contribution in [3.8, 4) is 0 Å². The first-order chi connectivity index (χ1) is 30.5. The minimum atomic E-state index is -0.784. The predicted octanol–water partition coefficient (Wildman–Crippen LogP) is 17.7. The number of rotatable bonds is 49. The molecule has 6 nitrogen and oxygen atoms in total. The van der Waals surface area contributed by atoms with E-state index in [1.165, 1.54) is 167 Å². The highest BCUT2D eigenvalue weighted by Crippen LogP contribution is 2.16. The van der Waals surface area contributed by atoms with Crippen molar-refractivity contribution in [3.05, 3.63) is 36.5 Å². The van der Waals surface area contributed by atoms with Gasteiger partial charge in [0.2, 0.25) is 0 Å². The summed E-state index contributed by atoms with van der Waals surface area (Å²) in [6, 6.07) is 0. The molecule has 1 atom stereocenters. The van der Waals surface area contributed by atoms with Crippen LogP contribution in [0.4, 0.5) is 0 Å². The molecule has 0 aromatic heterocycles. The Bertz CT molecular complexity index is 1050. The molecule has 0 aromatic carbocycles. The summed E-state index contributed by atoms with van der Waals surface area (Å²) in [5.74, 6) is -0.917. The lowest BCUT2D eigenvalue weighted by Crippen LogP contribution is -2.30. The van der Waals surface area contributed by atoms with Crippen molar-refractivity contribution in [2.45, 2.75) is 290 Å². The Morgan fingerprint density at radius 2 is 0.629 bits per heavy atom. The quantitative estimate of drug-likeness (QED) is 0.0262. The van der Waals surface area contributed by atoms with Crippen LogP contribution in [0.15, 0.2) is 36.5 Å². The zero-order valence-corrected chi connectivity index (χ0v) is 41.4. The molecule has 0 radical (unpaired) electrons. The first-order valence-electron chi connectivity index (χ1n) is 27.0. The Morgan fingerprint density at radius 1 is 0.339 bits per heavy atom. The SMILES string of the molecule is CC/C=C\C/C=C\CCCCC(=O)OCC(COC(=O)CCCCCCC/C=C\CCCCCCCCCCC)OC(=O)CCCCCCCCCCCCCCCCCCC. The van der Waals surface area contributed by atoms with Gasteiger partial charge < -0.3 is 14.2 Å². The van der Waals surface area contributed by atoms with Crippen LogP contribution in [-0.4, -0.2) is 37.2 Å². The van der Waals surface area contributed by atoms with E-state index in [4.69, 9.17) is 14.2 Å². The fourth-order valence-corrected chi connectivity index (χ4v) is 7.83. The summed E-state index contributed by atoms with van der Waals surface area (Å²) in [6.07, 6.45) is 60.1. The smallest absolute Gasteiger partial charge is 0.306 e. The molecule has 0 saturated heterocycles. The van der Waals surface area contributed by atoms with E-state index in [0.717, 1.165) is 77.0 Å². The summed E-state index contributed by atoms with van der Waals surface area (Å²) in [5, 5.41) is 0. The molecule has 0 fully saturated rings. The molecule has 62 heavy (non-hydrogen) atoms. The number of carbonyl (C=O) groups excluding carboxylic acids is 3. The van der Waals surface area contributed by atoms with E-state index < -0.39 is 6.10 Å². The van der Waals surface area contributed by atoms with Gasteiger partial charge in [0.05, 0.1) is 0 Å². The lowest BCUT2D eigenvalue weighted by atomic mass is 10.0. The van der Waals surface area contributed by atoms with Gasteiger partial charge in [-0.1, -0.05) is 231 Å². The molecule has 362 valence electrons. The first kappa shape index (κ1) is 59.6. The van der Waals surface area contributed by atoms with E-state index in [1.54, 1.807) is 0 Å². The highest BCUT2D eigenvalue weighted by Gasteiger charge is 2.19. The number of allylic oxidation sites excluding steroid dienone is 6. The molecule has 0 spiro atoms. The highest BCUT2D eigenvalue weighted by atomic mass is 16.6. The molecule has 0 saturated carbocycles. The first-order valence-corrected chi connectivity index (χ1v) is 27.0. The van der Waals surface area contributed by atoms with Crippen LogP contribution in [0.3, 0.4) is 0 Å². The molecule has 0 rings (SSSR count). The molecule has 6 heteroatoms. The molecule has 0 aliphatic carbocycles. The third-order valence-corrected chi connectivity index (χ3v) is 11.9. The van der Waals surface area contributed by atoms with E-state index in [1.807, 2.05) is 0 Å². The monoisotopic (exact) mass is 871 g/mol. The molecule has 0 aliphatic heterocycles. The zero-order valence-electron chi connectivity index (χ0n) is 41.4. The lowest BCUT2D eigenvalue weighted by Gasteiger charge is -2.18. The Balaban J connectivity index is 4.29. The molecule has 0 N–H and O–H groups in total. The fourth-order valence-electron chi connectivity index (χ4n) is 7.83. The summed E-state index contributed by atoms with van der Waals surface area (Å²) in [4.78, 5) is 37.9. The fraction of sp³-hybridized carbons (Fsp3) is 0.839. The van der Waals surface area contributed by atoms with E-state index in [2.05, 4.69) is 57.2 Å². The topological polar surface area (TPSA) is 78.9 Å². The maximum Gasteiger partial charge on any atom is 0.306 e. The molecular formula is C56H102O6. The Morgan fingerprint density at radius 3 is 1.02 bits per heavy atom. The molecule has 0 aliphatic rings. The summed E-state index contributed by atoms with van der Waals surface area (Å²) in [5.41, 5.74) is 0. The predicted molar refractivity (Wildman–Crippen MR) is 266 cm³/mol. The average molecular weight is 871 g/mol. The van der Waals surface area contributed by atoms with Crippen molar-refractivity contribution in [2.75, 3.05) is 13.2 Å². The van der Waals surface area contributed by atoms with Crippen molar-refractivity contribution < 1.29 is 28.6 Å². The van der Waals surface area contributed by atoms with Crippen LogP contribution in [0.25, 0.3) is 0 Å². The van der Waals surface area contributed by atoms with Crippen molar-refractivity contribution >= 4 is 17.9 Å². The molecular weight excluding hydrogens is 769 g/mol. The largest absolute Gasteiger partial charge is 0.462 e. The second-order valence-corrected chi connectivity index (χ2v) is 18.1. The second kappa shape index (κ2) is 51.3. The maximum absolute atomic E-state index is 12.8. The molecule has 0 aromatic rings. The van der Waals surface area contributed by atoms with Gasteiger partial charge in [-0.05, 0) is 70.6 Å². The van der Waals surface area contributed by atoms with Crippen LogP contribution in [0.1, 0.15) is 284 Å². The van der Waals surface area contributed by atoms with Crippen LogP contribution in [0, 0.1) is 0 Å². The standard InChI is InChI=1S/C56H102O6/c1-4-7-10-13-16-19-21-23-25-27-29-30-32-34-37-40-43-46-49-55(58)61-52-53(51-60-54(57)48-45-42-39-36-18-15-12-9-6-3)62-56(59)50-47-44-41-38-35-33-31-28-26-24-22-20-17-14-11-8-5-2/h9,12,18,29-30,36,53H,4-8,10-11,13-17,19-28,31-35,37-52H2,1-3H3/b12-9-,30-29-,36-18-. The number of carbonyl (C=O) groups is 3. The summed E-state index contributed by atoms with van der Waals surface area (Å²) in [7, 11) is 0. The van der Waals surface area contributed by atoms with Crippen LogP contribution in [-0.2, 0) is 28.6 Å². The van der Waals surface area contributed by atoms with E-state index in [-0.39, 0.29) is 31.1 Å². The van der Waals surface area contributed by atoms with Crippen molar-refractivity contribution in [2.24, 2.45) is 0 Å². The highest BCUT2D eigenvalue weighted by molar-refractivity contribution is 5.71. The van der Waals surface area contributed by atoms with Crippen LogP contribution in [0.5, 0.6) is 0 Å². The third kappa shape index (κ3) is 48.7. The van der Waals surface area contributed by atoms with Gasteiger partial charge in [0.25, 0.3) is 0 Å². The van der Waals surface area contributed by atoms with Crippen molar-refractivity contribution in [3.63, 3.8) is 0 Å². The van der Waals surface area contributed by atoms with Crippen LogP contribution >= 0.6 is 0 Å². The minimum Gasteiger partial charge on any atom is -0.462 e. The normalized spacial score (nSPS) is 12.2. The third-order valence-electron chi connectivity index (χ3n) is 11.9. The van der Waals surface area contributed by atoms with Gasteiger partial charge in [0.1, 0.15) is 13.2 Å². The zero-order chi connectivity index (χ0) is 45.1. The maximum atomic E-state index is 12.8. The Kier molecular flexibility index (Phi) is 49.3. The van der Waals surface area contributed by atoms with E-state index in [0.29, 0.717) is 19.3 Å². The average Bonchev–Trinajstić information content (AvgIpc) is 3.27. The van der Waals surface area contributed by atoms with Gasteiger partial charge in [-0.25, -0.2) is 0 Å². The van der Waals surface area contributed by atoms with E-state index in [9.17, 15) is 14.4 Å². The summed E-state index contributed by atoms with van der Waals surface area (Å²) < 4.78 is 16.8. The minimum absolute atomic E-state index is 0.0838. The Labute approximate surface area is 385 Å². The summed E-state index contributed by atoms with van der Waals surface area (Å²) >= 11 is 0. The van der Waals surface area contributed by atoms with Gasteiger partial charge in [-0.15, -0.1) is 0 Å². The Hall–Kier alpha value is -2.37. The lowest BCUT2D eigenvalue weighted by molar-refractivity contribution is -0.167.